The first-order chi connectivity index (χ1) is 8.74. The number of rotatable bonds is 4. The van der Waals surface area contributed by atoms with E-state index in [0.717, 1.165) is 25.9 Å². The molecule has 0 spiro atoms. The third-order valence-electron chi connectivity index (χ3n) is 4.47. The van der Waals surface area contributed by atoms with Gasteiger partial charge in [0.2, 0.25) is 5.91 Å². The second-order valence-electron chi connectivity index (χ2n) is 5.79. The van der Waals surface area contributed by atoms with Crippen molar-refractivity contribution in [2.45, 2.75) is 45.1 Å². The molecule has 1 amide bonds. The molecule has 0 unspecified atom stereocenters. The van der Waals surface area contributed by atoms with Crippen molar-refractivity contribution in [3.8, 4) is 0 Å². The van der Waals surface area contributed by atoms with Crippen LogP contribution in [0.4, 0.5) is 0 Å². The van der Waals surface area contributed by atoms with E-state index in [-0.39, 0.29) is 18.4 Å². The summed E-state index contributed by atoms with van der Waals surface area (Å²) in [5.41, 5.74) is 0. The zero-order valence-corrected chi connectivity index (χ0v) is 11.4. The standard InChI is InChI=1S/C14H26N2O2/c1-11-9-15-10-13(11)14(18)16(7-8-17)12-5-3-2-4-6-12/h11-13,15,17H,2-10H2,1H3/t11-,13-/m1/s1. The number of nitrogens with one attached hydrogen (secondary N) is 1. The topological polar surface area (TPSA) is 52.6 Å². The normalized spacial score (nSPS) is 29.4. The van der Waals surface area contributed by atoms with Crippen LogP contribution >= 0.6 is 0 Å². The predicted octanol–water partition coefficient (Wildman–Crippen LogP) is 0.995. The molecule has 104 valence electrons. The fraction of sp³-hybridized carbons (Fsp3) is 0.929. The van der Waals surface area contributed by atoms with E-state index in [1.807, 2.05) is 4.90 Å². The van der Waals surface area contributed by atoms with Gasteiger partial charge < -0.3 is 15.3 Å². The van der Waals surface area contributed by atoms with E-state index >= 15 is 0 Å². The lowest BCUT2D eigenvalue weighted by Gasteiger charge is -2.36. The third-order valence-corrected chi connectivity index (χ3v) is 4.47. The van der Waals surface area contributed by atoms with Gasteiger partial charge in [-0.25, -0.2) is 0 Å². The van der Waals surface area contributed by atoms with E-state index in [2.05, 4.69) is 12.2 Å². The summed E-state index contributed by atoms with van der Waals surface area (Å²) in [6, 6.07) is 0.367. The molecule has 2 N–H and O–H groups in total. The zero-order chi connectivity index (χ0) is 13.0. The summed E-state index contributed by atoms with van der Waals surface area (Å²) in [7, 11) is 0. The Kier molecular flexibility index (Phi) is 5.01. The minimum Gasteiger partial charge on any atom is -0.395 e. The van der Waals surface area contributed by atoms with E-state index in [4.69, 9.17) is 0 Å². The van der Waals surface area contributed by atoms with Crippen LogP contribution in [0.2, 0.25) is 0 Å². The van der Waals surface area contributed by atoms with Gasteiger partial charge in [-0.1, -0.05) is 26.2 Å². The van der Waals surface area contributed by atoms with Crippen molar-refractivity contribution in [2.24, 2.45) is 11.8 Å². The highest BCUT2D eigenvalue weighted by atomic mass is 16.3. The van der Waals surface area contributed by atoms with Gasteiger partial charge in [-0.2, -0.15) is 0 Å². The first-order valence-electron chi connectivity index (χ1n) is 7.36. The summed E-state index contributed by atoms with van der Waals surface area (Å²) in [4.78, 5) is 14.6. The zero-order valence-electron chi connectivity index (χ0n) is 11.4. The Morgan fingerprint density at radius 3 is 2.56 bits per heavy atom. The van der Waals surface area contributed by atoms with Gasteiger partial charge in [0.15, 0.2) is 0 Å². The van der Waals surface area contributed by atoms with Crippen LogP contribution in [-0.4, -0.2) is 48.2 Å². The lowest BCUT2D eigenvalue weighted by molar-refractivity contribution is -0.139. The minimum absolute atomic E-state index is 0.0801. The monoisotopic (exact) mass is 254 g/mol. The molecule has 0 aromatic carbocycles. The predicted molar refractivity (Wildman–Crippen MR) is 71.2 cm³/mol. The van der Waals surface area contributed by atoms with Crippen LogP contribution in [0.25, 0.3) is 0 Å². The maximum absolute atomic E-state index is 12.6. The van der Waals surface area contributed by atoms with Crippen molar-refractivity contribution in [2.75, 3.05) is 26.2 Å². The number of hydrogen-bond acceptors (Lipinski definition) is 3. The largest absolute Gasteiger partial charge is 0.395 e. The van der Waals surface area contributed by atoms with E-state index in [1.165, 1.54) is 19.3 Å². The highest BCUT2D eigenvalue weighted by Crippen LogP contribution is 2.26. The van der Waals surface area contributed by atoms with E-state index < -0.39 is 0 Å². The smallest absolute Gasteiger partial charge is 0.227 e. The van der Waals surface area contributed by atoms with Gasteiger partial charge in [-0.05, 0) is 25.3 Å². The van der Waals surface area contributed by atoms with Crippen LogP contribution in [-0.2, 0) is 4.79 Å². The molecule has 0 aromatic heterocycles. The van der Waals surface area contributed by atoms with Crippen LogP contribution in [0.1, 0.15) is 39.0 Å². The highest BCUT2D eigenvalue weighted by Gasteiger charge is 2.35. The maximum Gasteiger partial charge on any atom is 0.227 e. The Hall–Kier alpha value is -0.610. The van der Waals surface area contributed by atoms with Crippen molar-refractivity contribution in [3.05, 3.63) is 0 Å². The third kappa shape index (κ3) is 3.04. The Morgan fingerprint density at radius 1 is 1.28 bits per heavy atom. The Bertz CT molecular complexity index is 277. The molecule has 2 atom stereocenters. The highest BCUT2D eigenvalue weighted by molar-refractivity contribution is 5.80. The fourth-order valence-corrected chi connectivity index (χ4v) is 3.33. The maximum atomic E-state index is 12.6. The summed E-state index contributed by atoms with van der Waals surface area (Å²) in [6.07, 6.45) is 5.95. The molecule has 2 rings (SSSR count). The van der Waals surface area contributed by atoms with Crippen LogP contribution in [0.3, 0.4) is 0 Å². The van der Waals surface area contributed by atoms with Gasteiger partial charge >= 0.3 is 0 Å². The quantitative estimate of drug-likeness (QED) is 0.787. The van der Waals surface area contributed by atoms with Gasteiger partial charge in [0.05, 0.1) is 12.5 Å². The Balaban J connectivity index is 2.01. The molecule has 4 heteroatoms. The second kappa shape index (κ2) is 6.53. The molecule has 1 aliphatic carbocycles. The van der Waals surface area contributed by atoms with E-state index in [1.54, 1.807) is 0 Å². The van der Waals surface area contributed by atoms with Crippen LogP contribution in [0, 0.1) is 11.8 Å². The molecule has 0 radical (unpaired) electrons. The number of aliphatic hydroxyl groups is 1. The van der Waals surface area contributed by atoms with Crippen molar-refractivity contribution in [3.63, 3.8) is 0 Å². The Morgan fingerprint density at radius 2 is 2.00 bits per heavy atom. The molecule has 1 heterocycles. The number of carbonyl (C=O) groups excluding carboxylic acids is 1. The number of hydrogen-bond donors (Lipinski definition) is 2. The van der Waals surface area contributed by atoms with Crippen molar-refractivity contribution in [1.82, 2.24) is 10.2 Å². The molecule has 4 nitrogen and oxygen atoms in total. The van der Waals surface area contributed by atoms with Crippen molar-refractivity contribution < 1.29 is 9.90 Å². The number of nitrogens with zero attached hydrogens (tertiary/aromatic N) is 1. The number of aliphatic hydroxyl groups excluding tert-OH is 1. The molecule has 1 aliphatic heterocycles. The lowest BCUT2D eigenvalue weighted by atomic mass is 9.91. The van der Waals surface area contributed by atoms with Crippen LogP contribution in [0.15, 0.2) is 0 Å². The lowest BCUT2D eigenvalue weighted by Crippen LogP contribution is -2.47. The summed E-state index contributed by atoms with van der Waals surface area (Å²) in [5, 5.41) is 12.5. The van der Waals surface area contributed by atoms with Gasteiger partial charge in [0.25, 0.3) is 0 Å². The van der Waals surface area contributed by atoms with Gasteiger partial charge in [0, 0.05) is 19.1 Å². The molecule has 0 bridgehead atoms. The van der Waals surface area contributed by atoms with Crippen LogP contribution < -0.4 is 5.32 Å². The van der Waals surface area contributed by atoms with Crippen LogP contribution in [0.5, 0.6) is 0 Å². The summed E-state index contributed by atoms with van der Waals surface area (Å²) < 4.78 is 0. The van der Waals surface area contributed by atoms with Gasteiger partial charge in [0.1, 0.15) is 0 Å². The fourth-order valence-electron chi connectivity index (χ4n) is 3.33. The first-order valence-corrected chi connectivity index (χ1v) is 7.36. The molecule has 1 saturated carbocycles. The minimum atomic E-state index is 0.0801. The van der Waals surface area contributed by atoms with Gasteiger partial charge in [-0.3, -0.25) is 4.79 Å². The van der Waals surface area contributed by atoms with Crippen molar-refractivity contribution in [1.29, 1.82) is 0 Å². The van der Waals surface area contributed by atoms with E-state index in [0.29, 0.717) is 18.5 Å². The molecule has 0 aromatic rings. The molecule has 1 saturated heterocycles. The SMILES string of the molecule is C[C@@H]1CNC[C@H]1C(=O)N(CCO)C1CCCCC1. The number of carbonyl (C=O) groups is 1. The molecular formula is C14H26N2O2. The summed E-state index contributed by atoms with van der Waals surface area (Å²) >= 11 is 0. The van der Waals surface area contributed by atoms with Gasteiger partial charge in [-0.15, -0.1) is 0 Å². The summed E-state index contributed by atoms with van der Waals surface area (Å²) in [5.74, 6) is 0.786. The molecule has 2 aliphatic rings. The molecule has 18 heavy (non-hydrogen) atoms. The Labute approximate surface area is 110 Å². The van der Waals surface area contributed by atoms with E-state index in [9.17, 15) is 9.90 Å². The molecular weight excluding hydrogens is 228 g/mol. The summed E-state index contributed by atoms with van der Waals surface area (Å²) in [6.45, 7) is 4.47. The number of amides is 1. The van der Waals surface area contributed by atoms with Crippen molar-refractivity contribution >= 4 is 5.91 Å². The second-order valence-corrected chi connectivity index (χ2v) is 5.79. The average molecular weight is 254 g/mol. The molecule has 2 fully saturated rings. The average Bonchev–Trinajstić information content (AvgIpc) is 2.82. The first kappa shape index (κ1) is 13.8.